The van der Waals surface area contributed by atoms with Crippen LogP contribution in [0.5, 0.6) is 0 Å². The largest absolute Gasteiger partial charge is 0.306 e. The maximum Gasteiger partial charge on any atom is 0.0188 e. The average Bonchev–Trinajstić information content (AvgIpc) is 2.46. The summed E-state index contributed by atoms with van der Waals surface area (Å²) in [6, 6.07) is 0. The van der Waals surface area contributed by atoms with Gasteiger partial charge in [-0.25, -0.2) is 0 Å². The van der Waals surface area contributed by atoms with E-state index in [1.807, 2.05) is 0 Å². The van der Waals surface area contributed by atoms with Gasteiger partial charge in [-0.3, -0.25) is 0 Å². The minimum atomic E-state index is 0.635. The molecular weight excluding hydrogens is 134 g/mol. The van der Waals surface area contributed by atoms with E-state index in [0.29, 0.717) is 11.1 Å². The molecule has 1 N–H and O–H groups in total. The normalized spacial score (nSPS) is 37.1. The molecule has 0 amide bonds. The second-order valence-electron chi connectivity index (χ2n) is 4.89. The third-order valence-electron chi connectivity index (χ3n) is 4.03. The predicted molar refractivity (Wildman–Crippen MR) is 45.5 cm³/mol. The molecule has 2 spiro atoms. The smallest absolute Gasteiger partial charge is 0.0188 e. The van der Waals surface area contributed by atoms with E-state index in [-0.39, 0.29) is 0 Å². The molecule has 0 bridgehead atoms. The lowest BCUT2D eigenvalue weighted by molar-refractivity contribution is 0.361. The first kappa shape index (κ1) is 6.47. The Morgan fingerprint density at radius 2 is 1.09 bits per heavy atom. The third-order valence-corrected chi connectivity index (χ3v) is 4.03. The van der Waals surface area contributed by atoms with Crippen molar-refractivity contribution in [1.82, 2.24) is 5.32 Å². The first-order valence-electron chi connectivity index (χ1n) is 5.12. The molecule has 3 fully saturated rings. The molecule has 1 aliphatic heterocycles. The van der Waals surface area contributed by atoms with Gasteiger partial charge in [0.25, 0.3) is 0 Å². The van der Waals surface area contributed by atoms with Gasteiger partial charge in [-0.1, -0.05) is 12.8 Å². The van der Waals surface area contributed by atoms with Crippen LogP contribution in [0.2, 0.25) is 0 Å². The molecule has 0 unspecified atom stereocenters. The summed E-state index contributed by atoms with van der Waals surface area (Å²) in [6.07, 6.45) is 11.8. The van der Waals surface area contributed by atoms with Crippen LogP contribution in [0.25, 0.3) is 0 Å². The van der Waals surface area contributed by atoms with Crippen LogP contribution in [-0.2, 0) is 0 Å². The van der Waals surface area contributed by atoms with Gasteiger partial charge in [-0.2, -0.15) is 0 Å². The van der Waals surface area contributed by atoms with Crippen molar-refractivity contribution in [2.45, 2.75) is 62.4 Å². The second-order valence-corrected chi connectivity index (χ2v) is 4.89. The van der Waals surface area contributed by atoms with Crippen molar-refractivity contribution in [2.75, 3.05) is 0 Å². The van der Waals surface area contributed by atoms with Crippen LogP contribution in [0, 0.1) is 0 Å². The maximum atomic E-state index is 3.92. The van der Waals surface area contributed by atoms with E-state index >= 15 is 0 Å². The molecule has 62 valence electrons. The molecule has 2 aliphatic carbocycles. The van der Waals surface area contributed by atoms with Crippen LogP contribution < -0.4 is 5.32 Å². The third kappa shape index (κ3) is 0.868. The zero-order chi connectivity index (χ0) is 7.36. The van der Waals surface area contributed by atoms with Gasteiger partial charge in [0.1, 0.15) is 0 Å². The minimum Gasteiger partial charge on any atom is -0.306 e. The van der Waals surface area contributed by atoms with Crippen molar-refractivity contribution < 1.29 is 0 Å². The quantitative estimate of drug-likeness (QED) is 0.559. The van der Waals surface area contributed by atoms with Gasteiger partial charge in [-0.15, -0.1) is 0 Å². The second kappa shape index (κ2) is 1.82. The SMILES string of the molecule is C1CCC2(C1)CCC1(CC1)N2. The number of hydrogen-bond acceptors (Lipinski definition) is 1. The van der Waals surface area contributed by atoms with Gasteiger partial charge < -0.3 is 5.32 Å². The fraction of sp³-hybridized carbons (Fsp3) is 1.00. The Morgan fingerprint density at radius 3 is 1.55 bits per heavy atom. The summed E-state index contributed by atoms with van der Waals surface area (Å²) in [5.74, 6) is 0. The Kier molecular flexibility index (Phi) is 1.07. The first-order valence-corrected chi connectivity index (χ1v) is 5.12. The van der Waals surface area contributed by atoms with Crippen LogP contribution in [0.15, 0.2) is 0 Å². The summed E-state index contributed by atoms with van der Waals surface area (Å²) in [5, 5.41) is 3.92. The maximum absolute atomic E-state index is 3.92. The molecule has 2 saturated carbocycles. The van der Waals surface area contributed by atoms with Gasteiger partial charge in [0.15, 0.2) is 0 Å². The van der Waals surface area contributed by atoms with E-state index in [2.05, 4.69) is 5.32 Å². The van der Waals surface area contributed by atoms with E-state index in [9.17, 15) is 0 Å². The van der Waals surface area contributed by atoms with Crippen molar-refractivity contribution in [1.29, 1.82) is 0 Å². The Balaban J connectivity index is 1.80. The molecule has 0 aromatic carbocycles. The summed E-state index contributed by atoms with van der Waals surface area (Å²) in [5.41, 5.74) is 1.31. The highest BCUT2D eigenvalue weighted by atomic mass is 15.1. The minimum absolute atomic E-state index is 0.635. The molecule has 1 heteroatoms. The topological polar surface area (TPSA) is 12.0 Å². The molecule has 1 saturated heterocycles. The highest BCUT2D eigenvalue weighted by Gasteiger charge is 2.54. The van der Waals surface area contributed by atoms with E-state index in [1.54, 1.807) is 0 Å². The van der Waals surface area contributed by atoms with Gasteiger partial charge in [0.05, 0.1) is 0 Å². The van der Waals surface area contributed by atoms with Crippen LogP contribution in [0.1, 0.15) is 51.4 Å². The van der Waals surface area contributed by atoms with E-state index in [1.165, 1.54) is 51.4 Å². The summed E-state index contributed by atoms with van der Waals surface area (Å²) in [4.78, 5) is 0. The van der Waals surface area contributed by atoms with Crippen LogP contribution >= 0.6 is 0 Å². The highest BCUT2D eigenvalue weighted by molar-refractivity contribution is 5.14. The number of hydrogen-bond donors (Lipinski definition) is 1. The standard InChI is InChI=1S/C10H17N/c1-2-4-9(3-1)5-6-10(11-9)7-8-10/h11H,1-8H2. The summed E-state index contributed by atoms with van der Waals surface area (Å²) in [7, 11) is 0. The van der Waals surface area contributed by atoms with Gasteiger partial charge >= 0.3 is 0 Å². The molecule has 0 aromatic rings. The van der Waals surface area contributed by atoms with E-state index < -0.39 is 0 Å². The summed E-state index contributed by atoms with van der Waals surface area (Å²) < 4.78 is 0. The fourth-order valence-electron chi connectivity index (χ4n) is 3.12. The lowest BCUT2D eigenvalue weighted by Crippen LogP contribution is -2.41. The molecule has 3 rings (SSSR count). The summed E-state index contributed by atoms with van der Waals surface area (Å²) >= 11 is 0. The van der Waals surface area contributed by atoms with Gasteiger partial charge in [-0.05, 0) is 38.5 Å². The molecular formula is C10H17N. The van der Waals surface area contributed by atoms with Crippen molar-refractivity contribution >= 4 is 0 Å². The van der Waals surface area contributed by atoms with Crippen molar-refractivity contribution in [2.24, 2.45) is 0 Å². The van der Waals surface area contributed by atoms with Gasteiger partial charge in [0.2, 0.25) is 0 Å². The number of rotatable bonds is 0. The Bertz CT molecular complexity index is 175. The average molecular weight is 151 g/mol. The number of nitrogens with one attached hydrogen (secondary N) is 1. The zero-order valence-electron chi connectivity index (χ0n) is 7.16. The predicted octanol–water partition coefficient (Wildman–Crippen LogP) is 2.22. The first-order chi connectivity index (χ1) is 5.33. The Hall–Kier alpha value is -0.0400. The molecule has 3 aliphatic rings. The fourth-order valence-corrected chi connectivity index (χ4v) is 3.12. The van der Waals surface area contributed by atoms with Crippen LogP contribution in [-0.4, -0.2) is 11.1 Å². The lowest BCUT2D eigenvalue weighted by atomic mass is 9.96. The lowest BCUT2D eigenvalue weighted by Gasteiger charge is -2.24. The highest BCUT2D eigenvalue weighted by Crippen LogP contribution is 2.52. The molecule has 1 heterocycles. The van der Waals surface area contributed by atoms with Gasteiger partial charge in [0, 0.05) is 11.1 Å². The van der Waals surface area contributed by atoms with Crippen molar-refractivity contribution in [3.63, 3.8) is 0 Å². The Morgan fingerprint density at radius 1 is 0.636 bits per heavy atom. The Labute approximate surface area is 68.6 Å². The zero-order valence-corrected chi connectivity index (χ0v) is 7.16. The van der Waals surface area contributed by atoms with Crippen molar-refractivity contribution in [3.8, 4) is 0 Å². The van der Waals surface area contributed by atoms with Crippen molar-refractivity contribution in [3.05, 3.63) is 0 Å². The molecule has 0 atom stereocenters. The molecule has 0 aromatic heterocycles. The molecule has 0 radical (unpaired) electrons. The van der Waals surface area contributed by atoms with E-state index in [4.69, 9.17) is 0 Å². The monoisotopic (exact) mass is 151 g/mol. The summed E-state index contributed by atoms with van der Waals surface area (Å²) in [6.45, 7) is 0. The molecule has 1 nitrogen and oxygen atoms in total. The van der Waals surface area contributed by atoms with E-state index in [0.717, 1.165) is 0 Å². The van der Waals surface area contributed by atoms with Crippen LogP contribution in [0.4, 0.5) is 0 Å². The van der Waals surface area contributed by atoms with Crippen LogP contribution in [0.3, 0.4) is 0 Å². The molecule has 11 heavy (non-hydrogen) atoms.